The summed E-state index contributed by atoms with van der Waals surface area (Å²) in [4.78, 5) is 0. The molecule has 3 heteroatoms. The molecular formula is C35H47N3. The van der Waals surface area contributed by atoms with Crippen molar-refractivity contribution in [2.75, 3.05) is 11.6 Å². The Kier molecular flexibility index (Phi) is 11.3. The Balaban J connectivity index is 1.31. The van der Waals surface area contributed by atoms with Crippen molar-refractivity contribution in [3.8, 4) is 0 Å². The highest BCUT2D eigenvalue weighted by Gasteiger charge is 2.10. The maximum Gasteiger partial charge on any atom is 0.0593 e. The summed E-state index contributed by atoms with van der Waals surface area (Å²) in [6.07, 6.45) is 18.4. The molecule has 1 aromatic heterocycles. The Morgan fingerprint density at radius 1 is 0.632 bits per heavy atom. The molecule has 0 atom stereocenters. The molecule has 4 aromatic rings. The molecule has 0 aliphatic carbocycles. The lowest BCUT2D eigenvalue weighted by molar-refractivity contribution is 0.543. The number of unbranched alkanes of at least 4 members (excludes halogenated alkanes) is 11. The first kappa shape index (κ1) is 28.0. The Labute approximate surface area is 230 Å². The minimum Gasteiger partial charge on any atom is -0.341 e. The van der Waals surface area contributed by atoms with Gasteiger partial charge in [-0.25, -0.2) is 0 Å². The third-order valence-corrected chi connectivity index (χ3v) is 7.74. The Morgan fingerprint density at radius 2 is 1.24 bits per heavy atom. The SMILES string of the molecule is CCCCCCCCCCCCCCN(N=Cc1ccc2c(c1)c1ccccc1n2CC)c1ccccc1. The fraction of sp³-hybridized carbons (Fsp3) is 0.457. The van der Waals surface area contributed by atoms with Gasteiger partial charge in [-0.3, -0.25) is 5.01 Å². The standard InChI is InChI=1S/C35H47N3/c1-3-5-6-7-8-9-10-11-12-13-14-20-27-38(31-21-16-15-17-22-31)36-29-30-25-26-35-33(28-30)32-23-18-19-24-34(32)37(35)4-2/h15-19,21-26,28-29H,3-14,20,27H2,1-2H3. The fourth-order valence-corrected chi connectivity index (χ4v) is 5.58. The molecule has 4 rings (SSSR count). The van der Waals surface area contributed by atoms with Gasteiger partial charge < -0.3 is 4.57 Å². The summed E-state index contributed by atoms with van der Waals surface area (Å²) in [7, 11) is 0. The quantitative estimate of drug-likeness (QED) is 0.0787. The second-order valence-corrected chi connectivity index (χ2v) is 10.6. The van der Waals surface area contributed by atoms with Gasteiger partial charge in [-0.1, -0.05) is 120 Å². The number of anilines is 1. The lowest BCUT2D eigenvalue weighted by Gasteiger charge is -2.19. The number of fused-ring (bicyclic) bond motifs is 3. The smallest absolute Gasteiger partial charge is 0.0593 e. The van der Waals surface area contributed by atoms with Gasteiger partial charge >= 0.3 is 0 Å². The zero-order valence-corrected chi connectivity index (χ0v) is 23.7. The van der Waals surface area contributed by atoms with E-state index in [-0.39, 0.29) is 0 Å². The van der Waals surface area contributed by atoms with Crippen LogP contribution < -0.4 is 5.01 Å². The van der Waals surface area contributed by atoms with E-state index in [1.165, 1.54) is 98.9 Å². The number of para-hydroxylation sites is 2. The molecule has 3 aromatic carbocycles. The molecule has 1 heterocycles. The van der Waals surface area contributed by atoms with E-state index in [9.17, 15) is 0 Å². The number of benzene rings is 3. The summed E-state index contributed by atoms with van der Waals surface area (Å²) < 4.78 is 2.40. The van der Waals surface area contributed by atoms with Crippen molar-refractivity contribution in [3.63, 3.8) is 0 Å². The molecule has 3 nitrogen and oxygen atoms in total. The Hall–Kier alpha value is -3.07. The molecule has 0 bridgehead atoms. The van der Waals surface area contributed by atoms with E-state index in [0.29, 0.717) is 0 Å². The molecule has 202 valence electrons. The van der Waals surface area contributed by atoms with Crippen LogP contribution in [0.3, 0.4) is 0 Å². The average molecular weight is 510 g/mol. The average Bonchev–Trinajstić information content (AvgIpc) is 3.28. The molecule has 0 saturated carbocycles. The first-order chi connectivity index (χ1) is 18.8. The summed E-state index contributed by atoms with van der Waals surface area (Å²) in [6.45, 7) is 6.43. The summed E-state index contributed by atoms with van der Waals surface area (Å²) in [5.41, 5.74) is 4.90. The molecular weight excluding hydrogens is 462 g/mol. The van der Waals surface area contributed by atoms with Gasteiger partial charge in [0.15, 0.2) is 0 Å². The second-order valence-electron chi connectivity index (χ2n) is 10.6. The van der Waals surface area contributed by atoms with Crippen molar-refractivity contribution in [2.24, 2.45) is 5.10 Å². The van der Waals surface area contributed by atoms with Crippen molar-refractivity contribution in [2.45, 2.75) is 97.4 Å². The minimum absolute atomic E-state index is 0.954. The second kappa shape index (κ2) is 15.4. The zero-order chi connectivity index (χ0) is 26.4. The summed E-state index contributed by atoms with van der Waals surface area (Å²) in [5, 5.41) is 9.76. The summed E-state index contributed by atoms with van der Waals surface area (Å²) in [6, 6.07) is 26.1. The zero-order valence-electron chi connectivity index (χ0n) is 23.7. The molecule has 0 aliphatic heterocycles. The number of hydrogen-bond acceptors (Lipinski definition) is 2. The molecule has 0 saturated heterocycles. The number of hydrogen-bond donors (Lipinski definition) is 0. The third kappa shape index (κ3) is 7.72. The highest BCUT2D eigenvalue weighted by atomic mass is 15.4. The van der Waals surface area contributed by atoms with Gasteiger partial charge in [0.05, 0.1) is 11.9 Å². The van der Waals surface area contributed by atoms with Crippen LogP contribution in [-0.4, -0.2) is 17.3 Å². The highest BCUT2D eigenvalue weighted by molar-refractivity contribution is 6.09. The minimum atomic E-state index is 0.954. The van der Waals surface area contributed by atoms with Crippen molar-refractivity contribution in [1.82, 2.24) is 4.57 Å². The van der Waals surface area contributed by atoms with Crippen LogP contribution in [0.1, 0.15) is 96.5 Å². The van der Waals surface area contributed by atoms with Crippen LogP contribution in [0.5, 0.6) is 0 Å². The normalized spacial score (nSPS) is 11.7. The molecule has 0 amide bonds. The van der Waals surface area contributed by atoms with E-state index in [2.05, 4.69) is 96.2 Å². The van der Waals surface area contributed by atoms with Crippen molar-refractivity contribution < 1.29 is 0 Å². The largest absolute Gasteiger partial charge is 0.341 e. The summed E-state index contributed by atoms with van der Waals surface area (Å²) >= 11 is 0. The monoisotopic (exact) mass is 509 g/mol. The van der Waals surface area contributed by atoms with Crippen molar-refractivity contribution in [3.05, 3.63) is 78.4 Å². The first-order valence-corrected chi connectivity index (χ1v) is 15.2. The van der Waals surface area contributed by atoms with Crippen LogP contribution in [0.2, 0.25) is 0 Å². The number of rotatable bonds is 17. The van der Waals surface area contributed by atoms with Crippen molar-refractivity contribution >= 4 is 33.7 Å². The molecule has 0 radical (unpaired) electrons. The fourth-order valence-electron chi connectivity index (χ4n) is 5.58. The summed E-state index contributed by atoms with van der Waals surface area (Å²) in [5.74, 6) is 0. The van der Waals surface area contributed by atoms with Crippen molar-refractivity contribution in [1.29, 1.82) is 0 Å². The molecule has 0 N–H and O–H groups in total. The number of hydrazone groups is 1. The molecule has 0 spiro atoms. The van der Waals surface area contributed by atoms with Gasteiger partial charge in [0.25, 0.3) is 0 Å². The van der Waals surface area contributed by atoms with Gasteiger partial charge in [0, 0.05) is 34.9 Å². The van der Waals surface area contributed by atoms with E-state index in [1.54, 1.807) is 0 Å². The topological polar surface area (TPSA) is 20.5 Å². The predicted octanol–water partition coefficient (Wildman–Crippen LogP) is 10.4. The lowest BCUT2D eigenvalue weighted by Crippen LogP contribution is -2.18. The van der Waals surface area contributed by atoms with E-state index < -0.39 is 0 Å². The highest BCUT2D eigenvalue weighted by Crippen LogP contribution is 2.29. The maximum absolute atomic E-state index is 4.97. The van der Waals surface area contributed by atoms with Gasteiger partial charge in [-0.15, -0.1) is 0 Å². The van der Waals surface area contributed by atoms with Crippen LogP contribution >= 0.6 is 0 Å². The van der Waals surface area contributed by atoms with Crippen LogP contribution in [0.15, 0.2) is 77.9 Å². The molecule has 0 aliphatic rings. The van der Waals surface area contributed by atoms with Crippen LogP contribution in [0.25, 0.3) is 21.8 Å². The maximum atomic E-state index is 4.97. The number of nitrogens with zero attached hydrogens (tertiary/aromatic N) is 3. The Bertz CT molecular complexity index is 1250. The number of aromatic nitrogens is 1. The van der Waals surface area contributed by atoms with Crippen LogP contribution in [-0.2, 0) is 6.54 Å². The van der Waals surface area contributed by atoms with E-state index in [0.717, 1.165) is 24.3 Å². The van der Waals surface area contributed by atoms with Gasteiger partial charge in [-0.2, -0.15) is 5.10 Å². The van der Waals surface area contributed by atoms with Crippen LogP contribution in [0.4, 0.5) is 5.69 Å². The van der Waals surface area contributed by atoms with Gasteiger partial charge in [0.1, 0.15) is 0 Å². The Morgan fingerprint density at radius 3 is 1.92 bits per heavy atom. The number of aryl methyl sites for hydroxylation is 1. The first-order valence-electron chi connectivity index (χ1n) is 15.2. The van der Waals surface area contributed by atoms with Gasteiger partial charge in [-0.05, 0) is 49.2 Å². The molecule has 38 heavy (non-hydrogen) atoms. The molecule has 0 unspecified atom stereocenters. The van der Waals surface area contributed by atoms with E-state index in [1.807, 2.05) is 6.21 Å². The lowest BCUT2D eigenvalue weighted by atomic mass is 10.1. The van der Waals surface area contributed by atoms with E-state index >= 15 is 0 Å². The third-order valence-electron chi connectivity index (χ3n) is 7.74. The molecule has 0 fully saturated rings. The van der Waals surface area contributed by atoms with Crippen LogP contribution in [0, 0.1) is 0 Å². The van der Waals surface area contributed by atoms with Gasteiger partial charge in [0.2, 0.25) is 0 Å². The predicted molar refractivity (Wildman–Crippen MR) is 168 cm³/mol. The van der Waals surface area contributed by atoms with E-state index in [4.69, 9.17) is 5.10 Å².